The molecule has 0 bridgehead atoms. The maximum atomic E-state index is 12.5. The molecule has 4 rings (SSSR count). The summed E-state index contributed by atoms with van der Waals surface area (Å²) in [7, 11) is 0. The zero-order valence-electron chi connectivity index (χ0n) is 15.7. The Labute approximate surface area is 150 Å². The lowest BCUT2D eigenvalue weighted by atomic mass is 9.51. The summed E-state index contributed by atoms with van der Waals surface area (Å²) in [6, 6.07) is 0. The Balaban J connectivity index is 1.74. The highest BCUT2D eigenvalue weighted by atomic mass is 16.3. The van der Waals surface area contributed by atoms with Crippen molar-refractivity contribution in [2.24, 2.45) is 34.5 Å². The van der Waals surface area contributed by atoms with E-state index in [0.717, 1.165) is 32.1 Å². The van der Waals surface area contributed by atoms with Gasteiger partial charge in [-0.1, -0.05) is 38.0 Å². The van der Waals surface area contributed by atoms with Crippen molar-refractivity contribution in [1.82, 2.24) is 0 Å². The Morgan fingerprint density at radius 3 is 2.80 bits per heavy atom. The van der Waals surface area contributed by atoms with E-state index < -0.39 is 0 Å². The molecule has 0 aromatic carbocycles. The predicted octanol–water partition coefficient (Wildman–Crippen LogP) is 3.86. The fraction of sp³-hybridized carbons (Fsp3) is 0.727. The lowest BCUT2D eigenvalue weighted by Gasteiger charge is -2.53. The van der Waals surface area contributed by atoms with Crippen molar-refractivity contribution in [3.05, 3.63) is 23.3 Å². The van der Waals surface area contributed by atoms with Gasteiger partial charge in [-0.25, -0.2) is 0 Å². The van der Waals surface area contributed by atoms with Gasteiger partial charge < -0.3 is 5.11 Å². The smallest absolute Gasteiger partial charge is 0.162 e. The van der Waals surface area contributed by atoms with E-state index >= 15 is 0 Å². The molecule has 3 heteroatoms. The first-order valence-electron chi connectivity index (χ1n) is 9.89. The zero-order valence-corrected chi connectivity index (χ0v) is 15.7. The molecule has 0 amide bonds. The molecule has 4 aliphatic rings. The summed E-state index contributed by atoms with van der Waals surface area (Å²) in [4.78, 5) is 24.3. The molecule has 0 aromatic heterocycles. The molecule has 0 heterocycles. The third-order valence-electron chi connectivity index (χ3n) is 8.18. The molecule has 2 fully saturated rings. The number of aliphatic hydroxyl groups is 1. The van der Waals surface area contributed by atoms with Crippen LogP contribution in [0, 0.1) is 34.5 Å². The number of carbonyl (C=O) groups excluding carboxylic acids is 2. The lowest BCUT2D eigenvalue weighted by molar-refractivity contribution is -0.131. The second kappa shape index (κ2) is 5.64. The van der Waals surface area contributed by atoms with E-state index in [-0.39, 0.29) is 34.9 Å². The lowest BCUT2D eigenvalue weighted by Crippen LogP contribution is -2.46. The van der Waals surface area contributed by atoms with Gasteiger partial charge in [0.2, 0.25) is 0 Å². The largest absolute Gasteiger partial charge is 0.389 e. The van der Waals surface area contributed by atoms with Crippen LogP contribution in [0.5, 0.6) is 0 Å². The van der Waals surface area contributed by atoms with Crippen LogP contribution in [-0.2, 0) is 9.59 Å². The molecule has 0 aromatic rings. The Kier molecular flexibility index (Phi) is 3.88. The second-order valence-corrected chi connectivity index (χ2v) is 9.40. The van der Waals surface area contributed by atoms with Gasteiger partial charge in [0, 0.05) is 17.8 Å². The molecule has 25 heavy (non-hydrogen) atoms. The quantitative estimate of drug-likeness (QED) is 0.775. The van der Waals surface area contributed by atoms with Crippen LogP contribution in [-0.4, -0.2) is 23.3 Å². The number of allylic oxidation sites excluding steroid dienone is 4. The molecular formula is C22H30O3. The molecule has 0 spiro atoms. The van der Waals surface area contributed by atoms with Crippen molar-refractivity contribution >= 4 is 11.6 Å². The SMILES string of the molecule is CC1C[C@H]2[C@@H]3CCC4=CC(=O)CC[C@]4(C)C3=CC[C@]2(C)[C@H]1C(=O)CO. The summed E-state index contributed by atoms with van der Waals surface area (Å²) in [5.41, 5.74) is 2.92. The number of Topliss-reactive ketones (excluding diaryl/α,β-unsaturated/α-hetero) is 1. The number of ketones is 2. The molecule has 6 atom stereocenters. The fourth-order valence-corrected chi connectivity index (χ4v) is 7.01. The molecular weight excluding hydrogens is 312 g/mol. The van der Waals surface area contributed by atoms with Gasteiger partial charge in [-0.15, -0.1) is 0 Å². The maximum Gasteiger partial charge on any atom is 0.162 e. The minimum Gasteiger partial charge on any atom is -0.389 e. The number of fused-ring (bicyclic) bond motifs is 5. The van der Waals surface area contributed by atoms with Gasteiger partial charge in [0.15, 0.2) is 11.6 Å². The Hall–Kier alpha value is -1.22. The normalized spacial score (nSPS) is 45.8. The molecule has 0 saturated heterocycles. The Bertz CT molecular complexity index is 687. The van der Waals surface area contributed by atoms with Crippen molar-refractivity contribution in [2.45, 2.75) is 59.3 Å². The minimum atomic E-state index is -0.328. The minimum absolute atomic E-state index is 0.0158. The van der Waals surface area contributed by atoms with Crippen molar-refractivity contribution in [3.63, 3.8) is 0 Å². The second-order valence-electron chi connectivity index (χ2n) is 9.40. The first-order chi connectivity index (χ1) is 11.8. The summed E-state index contributed by atoms with van der Waals surface area (Å²) in [6.07, 6.45) is 10.1. The van der Waals surface area contributed by atoms with E-state index in [1.165, 1.54) is 5.57 Å². The van der Waals surface area contributed by atoms with Crippen LogP contribution in [0.4, 0.5) is 0 Å². The van der Waals surface area contributed by atoms with E-state index in [1.54, 1.807) is 5.57 Å². The highest BCUT2D eigenvalue weighted by Crippen LogP contribution is 2.65. The molecule has 0 aliphatic heterocycles. The summed E-state index contributed by atoms with van der Waals surface area (Å²) in [6.45, 7) is 6.48. The van der Waals surface area contributed by atoms with Crippen LogP contribution >= 0.6 is 0 Å². The first-order valence-corrected chi connectivity index (χ1v) is 9.89. The van der Waals surface area contributed by atoms with Crippen molar-refractivity contribution in [2.75, 3.05) is 6.61 Å². The number of carbonyl (C=O) groups is 2. The predicted molar refractivity (Wildman–Crippen MR) is 96.8 cm³/mol. The Morgan fingerprint density at radius 1 is 1.32 bits per heavy atom. The number of hydrogen-bond donors (Lipinski definition) is 1. The Morgan fingerprint density at radius 2 is 2.08 bits per heavy atom. The van der Waals surface area contributed by atoms with Crippen molar-refractivity contribution in [1.29, 1.82) is 0 Å². The van der Waals surface area contributed by atoms with Crippen LogP contribution in [0.2, 0.25) is 0 Å². The van der Waals surface area contributed by atoms with Crippen molar-refractivity contribution < 1.29 is 14.7 Å². The van der Waals surface area contributed by atoms with Gasteiger partial charge in [-0.2, -0.15) is 0 Å². The summed E-state index contributed by atoms with van der Waals surface area (Å²) in [5, 5.41) is 9.47. The maximum absolute atomic E-state index is 12.5. The average Bonchev–Trinajstić information content (AvgIpc) is 2.85. The average molecular weight is 342 g/mol. The number of aliphatic hydroxyl groups excluding tert-OH is 1. The number of hydrogen-bond acceptors (Lipinski definition) is 3. The van der Waals surface area contributed by atoms with Gasteiger partial charge >= 0.3 is 0 Å². The highest BCUT2D eigenvalue weighted by molar-refractivity contribution is 5.92. The molecule has 3 nitrogen and oxygen atoms in total. The monoisotopic (exact) mass is 342 g/mol. The molecule has 4 aliphatic carbocycles. The van der Waals surface area contributed by atoms with Gasteiger partial charge in [-0.3, -0.25) is 9.59 Å². The molecule has 2 saturated carbocycles. The summed E-state index contributed by atoms with van der Waals surface area (Å²) in [5.74, 6) is 1.71. The van der Waals surface area contributed by atoms with Gasteiger partial charge in [0.25, 0.3) is 0 Å². The van der Waals surface area contributed by atoms with Gasteiger partial charge in [-0.05, 0) is 61.3 Å². The molecule has 1 N–H and O–H groups in total. The third-order valence-corrected chi connectivity index (χ3v) is 8.18. The van der Waals surface area contributed by atoms with E-state index in [1.807, 2.05) is 6.08 Å². The van der Waals surface area contributed by atoms with Crippen LogP contribution in [0.25, 0.3) is 0 Å². The topological polar surface area (TPSA) is 54.4 Å². The van der Waals surface area contributed by atoms with Crippen LogP contribution < -0.4 is 0 Å². The molecule has 1 unspecified atom stereocenters. The number of rotatable bonds is 2. The fourth-order valence-electron chi connectivity index (χ4n) is 7.01. The van der Waals surface area contributed by atoms with Gasteiger partial charge in [0.1, 0.15) is 6.61 Å². The molecule has 0 radical (unpaired) electrons. The van der Waals surface area contributed by atoms with Crippen molar-refractivity contribution in [3.8, 4) is 0 Å². The highest BCUT2D eigenvalue weighted by Gasteiger charge is 2.59. The summed E-state index contributed by atoms with van der Waals surface area (Å²) >= 11 is 0. The van der Waals surface area contributed by atoms with Gasteiger partial charge in [0.05, 0.1) is 0 Å². The third kappa shape index (κ3) is 2.27. The summed E-state index contributed by atoms with van der Waals surface area (Å²) < 4.78 is 0. The van der Waals surface area contributed by atoms with Crippen LogP contribution in [0.1, 0.15) is 59.3 Å². The first kappa shape index (κ1) is 17.2. The van der Waals surface area contributed by atoms with E-state index in [0.29, 0.717) is 24.2 Å². The van der Waals surface area contributed by atoms with E-state index in [4.69, 9.17) is 0 Å². The van der Waals surface area contributed by atoms with Crippen LogP contribution in [0.15, 0.2) is 23.3 Å². The molecule has 136 valence electrons. The van der Waals surface area contributed by atoms with E-state index in [9.17, 15) is 14.7 Å². The van der Waals surface area contributed by atoms with Crippen LogP contribution in [0.3, 0.4) is 0 Å². The zero-order chi connectivity index (χ0) is 18.0. The standard InChI is InChI=1S/C22H30O3/c1-13-10-18-16-5-4-14-11-15(24)6-8-21(14,2)17(16)7-9-22(18,3)20(13)19(25)12-23/h7,11,13,16,18,20,23H,4-6,8-10,12H2,1-3H3/t13?,16-,18+,20-,21+,22+/m1/s1. The van der Waals surface area contributed by atoms with E-state index in [2.05, 4.69) is 26.8 Å².